The zero-order valence-electron chi connectivity index (χ0n) is 8.72. The Morgan fingerprint density at radius 2 is 2.20 bits per heavy atom. The van der Waals surface area contributed by atoms with Crippen LogP contribution in [0.5, 0.6) is 0 Å². The molecule has 0 aliphatic heterocycles. The van der Waals surface area contributed by atoms with Crippen LogP contribution >= 0.6 is 0 Å². The van der Waals surface area contributed by atoms with Gasteiger partial charge in [-0.2, -0.15) is 0 Å². The highest BCUT2D eigenvalue weighted by Gasteiger charge is 2.03. The average molecular weight is 207 g/mol. The molecule has 0 atom stereocenters. The minimum absolute atomic E-state index is 0.226. The summed E-state index contributed by atoms with van der Waals surface area (Å²) in [5.41, 5.74) is 0.740. The number of hydrogen-bond acceptors (Lipinski definition) is 2. The van der Waals surface area contributed by atoms with E-state index in [1.807, 2.05) is 6.07 Å². The second kappa shape index (κ2) is 4.45. The second-order valence-electron chi connectivity index (χ2n) is 3.57. The molecule has 0 bridgehead atoms. The van der Waals surface area contributed by atoms with Crippen molar-refractivity contribution >= 4 is 11.0 Å². The molecule has 1 N–H and O–H groups in total. The standard InChI is InChI=1S/C12H14FNO/c1-2-5-14-8-11-7-9-6-10(13)3-4-12(9)15-11/h3-4,6-7,14H,2,5,8H2,1H3. The van der Waals surface area contributed by atoms with Gasteiger partial charge in [0.05, 0.1) is 6.54 Å². The lowest BCUT2D eigenvalue weighted by molar-refractivity contribution is 0.513. The lowest BCUT2D eigenvalue weighted by atomic mass is 10.2. The van der Waals surface area contributed by atoms with Gasteiger partial charge in [0.2, 0.25) is 0 Å². The molecule has 0 spiro atoms. The first kappa shape index (κ1) is 10.2. The fourth-order valence-corrected chi connectivity index (χ4v) is 1.54. The highest BCUT2D eigenvalue weighted by molar-refractivity contribution is 5.77. The van der Waals surface area contributed by atoms with E-state index in [1.165, 1.54) is 12.1 Å². The molecule has 0 aliphatic rings. The van der Waals surface area contributed by atoms with Gasteiger partial charge in [-0.1, -0.05) is 6.92 Å². The van der Waals surface area contributed by atoms with Crippen molar-refractivity contribution in [1.82, 2.24) is 5.32 Å². The quantitative estimate of drug-likeness (QED) is 0.779. The SMILES string of the molecule is CCCNCc1cc2cc(F)ccc2o1. The molecule has 0 fully saturated rings. The van der Waals surface area contributed by atoms with Gasteiger partial charge in [0.15, 0.2) is 0 Å². The number of fused-ring (bicyclic) bond motifs is 1. The lowest BCUT2D eigenvalue weighted by Crippen LogP contribution is -2.12. The summed E-state index contributed by atoms with van der Waals surface area (Å²) in [6.07, 6.45) is 1.09. The summed E-state index contributed by atoms with van der Waals surface area (Å²) < 4.78 is 18.4. The molecule has 0 saturated carbocycles. The van der Waals surface area contributed by atoms with Gasteiger partial charge >= 0.3 is 0 Å². The van der Waals surface area contributed by atoms with Crippen LogP contribution in [-0.4, -0.2) is 6.54 Å². The first-order chi connectivity index (χ1) is 7.29. The molecule has 3 heteroatoms. The number of benzene rings is 1. The van der Waals surface area contributed by atoms with E-state index in [0.717, 1.165) is 29.7 Å². The maximum absolute atomic E-state index is 12.9. The molecular weight excluding hydrogens is 193 g/mol. The molecule has 80 valence electrons. The molecule has 0 radical (unpaired) electrons. The Morgan fingerprint density at radius 3 is 3.00 bits per heavy atom. The molecule has 0 unspecified atom stereocenters. The van der Waals surface area contributed by atoms with Gasteiger partial charge in [-0.05, 0) is 37.2 Å². The van der Waals surface area contributed by atoms with Crippen molar-refractivity contribution in [3.63, 3.8) is 0 Å². The number of hydrogen-bond donors (Lipinski definition) is 1. The topological polar surface area (TPSA) is 25.2 Å². The highest BCUT2D eigenvalue weighted by atomic mass is 19.1. The fraction of sp³-hybridized carbons (Fsp3) is 0.333. The fourth-order valence-electron chi connectivity index (χ4n) is 1.54. The summed E-state index contributed by atoms with van der Waals surface area (Å²) >= 11 is 0. The van der Waals surface area contributed by atoms with Crippen LogP contribution in [0.15, 0.2) is 28.7 Å². The summed E-state index contributed by atoms with van der Waals surface area (Å²) in [7, 11) is 0. The van der Waals surface area contributed by atoms with Crippen molar-refractivity contribution in [1.29, 1.82) is 0 Å². The van der Waals surface area contributed by atoms with Crippen LogP contribution in [0.25, 0.3) is 11.0 Å². The van der Waals surface area contributed by atoms with Crippen LogP contribution in [0.2, 0.25) is 0 Å². The first-order valence-electron chi connectivity index (χ1n) is 5.18. The van der Waals surface area contributed by atoms with Gasteiger partial charge in [0, 0.05) is 5.39 Å². The van der Waals surface area contributed by atoms with Crippen molar-refractivity contribution in [2.45, 2.75) is 19.9 Å². The summed E-state index contributed by atoms with van der Waals surface area (Å²) in [5.74, 6) is 0.625. The van der Waals surface area contributed by atoms with Crippen molar-refractivity contribution in [3.8, 4) is 0 Å². The number of halogens is 1. The van der Waals surface area contributed by atoms with Crippen molar-refractivity contribution < 1.29 is 8.81 Å². The Balaban J connectivity index is 2.16. The average Bonchev–Trinajstić information content (AvgIpc) is 2.60. The predicted molar refractivity (Wildman–Crippen MR) is 58.2 cm³/mol. The minimum atomic E-state index is -0.226. The van der Waals surface area contributed by atoms with E-state index in [9.17, 15) is 4.39 Å². The van der Waals surface area contributed by atoms with Crippen molar-refractivity contribution in [2.75, 3.05) is 6.54 Å². The maximum atomic E-state index is 12.9. The summed E-state index contributed by atoms with van der Waals surface area (Å²) in [4.78, 5) is 0. The van der Waals surface area contributed by atoms with E-state index < -0.39 is 0 Å². The Hall–Kier alpha value is -1.35. The lowest BCUT2D eigenvalue weighted by Gasteiger charge is -1.97. The van der Waals surface area contributed by atoms with Gasteiger partial charge in [-0.3, -0.25) is 0 Å². The molecule has 15 heavy (non-hydrogen) atoms. The third-order valence-corrected chi connectivity index (χ3v) is 2.26. The normalized spacial score (nSPS) is 11.1. The van der Waals surface area contributed by atoms with Crippen LogP contribution < -0.4 is 5.32 Å². The van der Waals surface area contributed by atoms with E-state index in [2.05, 4.69) is 12.2 Å². The predicted octanol–water partition coefficient (Wildman–Crippen LogP) is 3.07. The Labute approximate surface area is 88.1 Å². The van der Waals surface area contributed by atoms with E-state index in [4.69, 9.17) is 4.42 Å². The van der Waals surface area contributed by atoms with Crippen LogP contribution in [0.3, 0.4) is 0 Å². The highest BCUT2D eigenvalue weighted by Crippen LogP contribution is 2.20. The van der Waals surface area contributed by atoms with Crippen molar-refractivity contribution in [3.05, 3.63) is 35.8 Å². The zero-order chi connectivity index (χ0) is 10.7. The van der Waals surface area contributed by atoms with Gasteiger partial charge in [-0.15, -0.1) is 0 Å². The monoisotopic (exact) mass is 207 g/mol. The number of furan rings is 1. The van der Waals surface area contributed by atoms with E-state index in [-0.39, 0.29) is 5.82 Å². The van der Waals surface area contributed by atoms with Crippen molar-refractivity contribution in [2.24, 2.45) is 0 Å². The zero-order valence-corrected chi connectivity index (χ0v) is 8.72. The van der Waals surface area contributed by atoms with Gasteiger partial charge in [0.1, 0.15) is 17.2 Å². The first-order valence-corrected chi connectivity index (χ1v) is 5.18. The van der Waals surface area contributed by atoms with Gasteiger partial charge in [-0.25, -0.2) is 4.39 Å². The molecule has 2 rings (SSSR count). The number of nitrogens with one attached hydrogen (secondary N) is 1. The smallest absolute Gasteiger partial charge is 0.134 e. The Morgan fingerprint density at radius 1 is 1.33 bits per heavy atom. The van der Waals surface area contributed by atoms with E-state index in [1.54, 1.807) is 6.07 Å². The molecule has 0 aliphatic carbocycles. The number of rotatable bonds is 4. The third kappa shape index (κ3) is 2.36. The van der Waals surface area contributed by atoms with Gasteiger partial charge in [0.25, 0.3) is 0 Å². The van der Waals surface area contributed by atoms with E-state index >= 15 is 0 Å². The third-order valence-electron chi connectivity index (χ3n) is 2.26. The molecule has 0 amide bonds. The molecule has 2 nitrogen and oxygen atoms in total. The summed E-state index contributed by atoms with van der Waals surface area (Å²) in [5, 5.41) is 4.06. The molecule has 1 aromatic carbocycles. The minimum Gasteiger partial charge on any atom is -0.460 e. The molecular formula is C12H14FNO. The summed E-state index contributed by atoms with van der Waals surface area (Å²) in [6, 6.07) is 6.44. The maximum Gasteiger partial charge on any atom is 0.134 e. The molecule has 0 saturated heterocycles. The Bertz CT molecular complexity index is 450. The van der Waals surface area contributed by atoms with E-state index in [0.29, 0.717) is 6.54 Å². The molecule has 1 aromatic heterocycles. The molecule has 2 aromatic rings. The van der Waals surface area contributed by atoms with Gasteiger partial charge < -0.3 is 9.73 Å². The summed E-state index contributed by atoms with van der Waals surface area (Å²) in [6.45, 7) is 3.77. The molecule has 1 heterocycles. The largest absolute Gasteiger partial charge is 0.460 e. The Kier molecular flexibility index (Phi) is 3.02. The van der Waals surface area contributed by atoms with Crippen LogP contribution in [0.1, 0.15) is 19.1 Å². The second-order valence-corrected chi connectivity index (χ2v) is 3.57. The van der Waals surface area contributed by atoms with Crippen LogP contribution in [0, 0.1) is 5.82 Å². The van der Waals surface area contributed by atoms with Crippen LogP contribution in [0.4, 0.5) is 4.39 Å². The van der Waals surface area contributed by atoms with Crippen LogP contribution in [-0.2, 0) is 6.54 Å².